The third kappa shape index (κ3) is 4.44. The molecule has 0 saturated heterocycles. The summed E-state index contributed by atoms with van der Waals surface area (Å²) in [6.07, 6.45) is 2.84. The number of esters is 1. The Hall–Kier alpha value is -3.45. The van der Waals surface area contributed by atoms with Crippen LogP contribution < -0.4 is 10.6 Å². The molecule has 0 spiro atoms. The molecule has 0 fully saturated rings. The van der Waals surface area contributed by atoms with Gasteiger partial charge in [-0.1, -0.05) is 17.7 Å². The summed E-state index contributed by atoms with van der Waals surface area (Å²) in [6.45, 7) is 1.89. The van der Waals surface area contributed by atoms with Gasteiger partial charge in [0.2, 0.25) is 0 Å². The van der Waals surface area contributed by atoms with Crippen molar-refractivity contribution < 1.29 is 14.3 Å². The second-order valence-electron chi connectivity index (χ2n) is 5.85. The number of rotatable bonds is 5. The largest absolute Gasteiger partial charge is 0.465 e. The van der Waals surface area contributed by atoms with Crippen LogP contribution in [0.5, 0.6) is 0 Å². The smallest absolute Gasteiger partial charge is 0.337 e. The molecule has 0 aliphatic rings. The Labute approximate surface area is 166 Å². The number of benzene rings is 2. The molecule has 1 heterocycles. The second-order valence-corrected chi connectivity index (χ2v) is 6.25. The number of nitrogens with zero attached hydrogens (tertiary/aromatic N) is 2. The quantitative estimate of drug-likeness (QED) is 0.627. The van der Waals surface area contributed by atoms with Crippen molar-refractivity contribution in [2.45, 2.75) is 6.92 Å². The van der Waals surface area contributed by atoms with E-state index in [9.17, 15) is 9.59 Å². The van der Waals surface area contributed by atoms with Gasteiger partial charge in [0.05, 0.1) is 25.1 Å². The van der Waals surface area contributed by atoms with Crippen molar-refractivity contribution in [1.82, 2.24) is 9.97 Å². The van der Waals surface area contributed by atoms with Crippen molar-refractivity contribution in [3.63, 3.8) is 0 Å². The third-order valence-corrected chi connectivity index (χ3v) is 4.39. The first-order chi connectivity index (χ1) is 13.5. The molecule has 28 heavy (non-hydrogen) atoms. The number of anilines is 3. The lowest BCUT2D eigenvalue weighted by atomic mass is 10.2. The lowest BCUT2D eigenvalue weighted by Gasteiger charge is -2.10. The van der Waals surface area contributed by atoms with Gasteiger partial charge in [-0.2, -0.15) is 0 Å². The van der Waals surface area contributed by atoms with Gasteiger partial charge in [-0.25, -0.2) is 14.8 Å². The van der Waals surface area contributed by atoms with E-state index < -0.39 is 11.9 Å². The van der Waals surface area contributed by atoms with Crippen LogP contribution >= 0.6 is 11.6 Å². The highest BCUT2D eigenvalue weighted by atomic mass is 35.5. The van der Waals surface area contributed by atoms with E-state index in [4.69, 9.17) is 11.6 Å². The second kappa shape index (κ2) is 8.49. The summed E-state index contributed by atoms with van der Waals surface area (Å²) in [6, 6.07) is 11.9. The van der Waals surface area contributed by atoms with E-state index in [-0.39, 0.29) is 5.69 Å². The fourth-order valence-electron chi connectivity index (χ4n) is 2.39. The van der Waals surface area contributed by atoms with Crippen molar-refractivity contribution in [3.8, 4) is 0 Å². The van der Waals surface area contributed by atoms with E-state index in [1.807, 2.05) is 19.1 Å². The molecule has 142 valence electrons. The zero-order chi connectivity index (χ0) is 20.1. The topological polar surface area (TPSA) is 93.2 Å². The minimum Gasteiger partial charge on any atom is -0.465 e. The fraction of sp³-hybridized carbons (Fsp3) is 0.100. The zero-order valence-corrected chi connectivity index (χ0v) is 15.9. The normalized spacial score (nSPS) is 10.2. The molecule has 0 radical (unpaired) electrons. The predicted octanol–water partition coefficient (Wildman–Crippen LogP) is 4.22. The minimum atomic E-state index is -0.443. The van der Waals surface area contributed by atoms with Crippen LogP contribution in [0.3, 0.4) is 0 Å². The monoisotopic (exact) mass is 396 g/mol. The minimum absolute atomic E-state index is 0.158. The van der Waals surface area contributed by atoms with Crippen LogP contribution in [-0.2, 0) is 4.74 Å². The van der Waals surface area contributed by atoms with Gasteiger partial charge in [-0.05, 0) is 48.9 Å². The molecular formula is C20H17ClN4O3. The Morgan fingerprint density at radius 2 is 1.79 bits per heavy atom. The van der Waals surface area contributed by atoms with Crippen LogP contribution in [0, 0.1) is 6.92 Å². The SMILES string of the molecule is COC(=O)c1ccc(NC(=O)c2cnc(Nc3cccc(Cl)c3C)cn2)cc1. The van der Waals surface area contributed by atoms with E-state index in [1.165, 1.54) is 19.5 Å². The molecule has 0 aliphatic heterocycles. The van der Waals surface area contributed by atoms with E-state index in [0.29, 0.717) is 22.1 Å². The molecule has 0 unspecified atom stereocenters. The van der Waals surface area contributed by atoms with Crippen LogP contribution in [0.2, 0.25) is 5.02 Å². The highest BCUT2D eigenvalue weighted by Crippen LogP contribution is 2.25. The van der Waals surface area contributed by atoms with Gasteiger partial charge in [0.25, 0.3) is 5.91 Å². The average molecular weight is 397 g/mol. The summed E-state index contributed by atoms with van der Waals surface area (Å²) in [7, 11) is 1.31. The number of aromatic nitrogens is 2. The molecule has 0 atom stereocenters. The predicted molar refractivity (Wildman–Crippen MR) is 107 cm³/mol. The molecule has 2 N–H and O–H groups in total. The first-order valence-electron chi connectivity index (χ1n) is 8.32. The first kappa shape index (κ1) is 19.3. The van der Waals surface area contributed by atoms with Crippen molar-refractivity contribution in [2.24, 2.45) is 0 Å². The Morgan fingerprint density at radius 3 is 2.43 bits per heavy atom. The van der Waals surface area contributed by atoms with E-state index in [0.717, 1.165) is 11.3 Å². The number of carbonyl (C=O) groups excluding carboxylic acids is 2. The Kier molecular flexibility index (Phi) is 5.86. The van der Waals surface area contributed by atoms with E-state index >= 15 is 0 Å². The molecule has 1 amide bonds. The maximum absolute atomic E-state index is 12.3. The zero-order valence-electron chi connectivity index (χ0n) is 15.2. The molecule has 3 rings (SSSR count). The Bertz CT molecular complexity index is 1000. The van der Waals surface area contributed by atoms with Gasteiger partial charge in [-0.3, -0.25) is 4.79 Å². The lowest BCUT2D eigenvalue weighted by molar-refractivity contribution is 0.0600. The molecule has 1 aromatic heterocycles. The summed E-state index contributed by atoms with van der Waals surface area (Å²) < 4.78 is 4.64. The number of nitrogens with one attached hydrogen (secondary N) is 2. The lowest BCUT2D eigenvalue weighted by Crippen LogP contribution is -2.14. The molecule has 0 aliphatic carbocycles. The molecule has 8 heteroatoms. The molecule has 7 nitrogen and oxygen atoms in total. The van der Waals surface area contributed by atoms with Gasteiger partial charge in [0, 0.05) is 16.4 Å². The summed E-state index contributed by atoms with van der Waals surface area (Å²) in [5.41, 5.74) is 2.78. The van der Waals surface area contributed by atoms with Crippen LogP contribution in [0.1, 0.15) is 26.4 Å². The average Bonchev–Trinajstić information content (AvgIpc) is 2.72. The molecule has 2 aromatic carbocycles. The maximum atomic E-state index is 12.3. The molecular weight excluding hydrogens is 380 g/mol. The third-order valence-electron chi connectivity index (χ3n) is 3.98. The number of hydrogen-bond donors (Lipinski definition) is 2. The molecule has 3 aromatic rings. The summed E-state index contributed by atoms with van der Waals surface area (Å²) in [5, 5.41) is 6.46. The van der Waals surface area contributed by atoms with Crippen molar-refractivity contribution in [3.05, 3.63) is 76.7 Å². The molecule has 0 bridgehead atoms. The van der Waals surface area contributed by atoms with Crippen LogP contribution in [0.15, 0.2) is 54.9 Å². The summed E-state index contributed by atoms with van der Waals surface area (Å²) in [4.78, 5) is 32.1. The maximum Gasteiger partial charge on any atom is 0.337 e. The van der Waals surface area contributed by atoms with E-state index in [2.05, 4.69) is 25.3 Å². The fourth-order valence-corrected chi connectivity index (χ4v) is 2.57. The van der Waals surface area contributed by atoms with Gasteiger partial charge >= 0.3 is 5.97 Å². The van der Waals surface area contributed by atoms with Crippen molar-refractivity contribution >= 4 is 40.7 Å². The first-order valence-corrected chi connectivity index (χ1v) is 8.69. The number of halogens is 1. The summed E-state index contributed by atoms with van der Waals surface area (Å²) >= 11 is 6.10. The Morgan fingerprint density at radius 1 is 1.04 bits per heavy atom. The standard InChI is InChI=1S/C20H17ClN4O3/c1-12-15(21)4-3-5-16(12)25-18-11-22-17(10-23-18)19(26)24-14-8-6-13(7-9-14)20(27)28-2/h3-11H,1-2H3,(H,23,25)(H,24,26). The number of ether oxygens (including phenoxy) is 1. The van der Waals surface area contributed by atoms with Crippen LogP contribution in [0.25, 0.3) is 0 Å². The van der Waals surface area contributed by atoms with Gasteiger partial charge in [0.1, 0.15) is 11.5 Å². The molecule has 0 saturated carbocycles. The van der Waals surface area contributed by atoms with Crippen molar-refractivity contribution in [2.75, 3.05) is 17.7 Å². The van der Waals surface area contributed by atoms with Crippen LogP contribution in [-0.4, -0.2) is 29.0 Å². The van der Waals surface area contributed by atoms with Gasteiger partial charge in [-0.15, -0.1) is 0 Å². The number of amides is 1. The number of carbonyl (C=O) groups is 2. The number of methoxy groups -OCH3 is 1. The highest BCUT2D eigenvalue weighted by Gasteiger charge is 2.11. The Balaban J connectivity index is 1.66. The van der Waals surface area contributed by atoms with Crippen molar-refractivity contribution in [1.29, 1.82) is 0 Å². The van der Waals surface area contributed by atoms with Crippen LogP contribution in [0.4, 0.5) is 17.2 Å². The number of hydrogen-bond acceptors (Lipinski definition) is 6. The van der Waals surface area contributed by atoms with Gasteiger partial charge < -0.3 is 15.4 Å². The highest BCUT2D eigenvalue weighted by molar-refractivity contribution is 6.31. The van der Waals surface area contributed by atoms with Gasteiger partial charge in [0.15, 0.2) is 0 Å². The summed E-state index contributed by atoms with van der Waals surface area (Å²) in [5.74, 6) is -0.366. The van der Waals surface area contributed by atoms with E-state index in [1.54, 1.807) is 30.3 Å².